The number of hydrogen-bond donors (Lipinski definition) is 1. The number of rotatable bonds is 5. The molecule has 20 heavy (non-hydrogen) atoms. The highest BCUT2D eigenvalue weighted by atomic mass is 35.5. The lowest BCUT2D eigenvalue weighted by Gasteiger charge is -2.09. The molecule has 2 aromatic carbocycles. The van der Waals surface area contributed by atoms with Gasteiger partial charge in [0.2, 0.25) is 0 Å². The van der Waals surface area contributed by atoms with Gasteiger partial charge < -0.3 is 5.32 Å². The lowest BCUT2D eigenvalue weighted by atomic mass is 10.2. The fourth-order valence-corrected chi connectivity index (χ4v) is 2.42. The summed E-state index contributed by atoms with van der Waals surface area (Å²) in [6.07, 6.45) is 2.02. The second-order valence-corrected chi connectivity index (χ2v) is 5.41. The predicted octanol–water partition coefficient (Wildman–Crippen LogP) is 4.58. The summed E-state index contributed by atoms with van der Waals surface area (Å²) >= 11 is 7.72. The second-order valence-electron chi connectivity index (χ2n) is 4.12. The highest BCUT2D eigenvalue weighted by molar-refractivity contribution is 7.98. The third kappa shape index (κ3) is 3.65. The molecule has 1 N–H and O–H groups in total. The van der Waals surface area contributed by atoms with Gasteiger partial charge in [-0.1, -0.05) is 17.7 Å². The van der Waals surface area contributed by atoms with Crippen LogP contribution in [0.2, 0.25) is 5.02 Å². The van der Waals surface area contributed by atoms with Crippen LogP contribution in [0, 0.1) is 10.1 Å². The molecule has 2 aromatic rings. The average Bonchev–Trinajstić information content (AvgIpc) is 2.46. The van der Waals surface area contributed by atoms with Crippen LogP contribution in [0.1, 0.15) is 5.56 Å². The molecule has 6 heteroatoms. The third-order valence-electron chi connectivity index (χ3n) is 2.80. The minimum absolute atomic E-state index is 0.00290. The van der Waals surface area contributed by atoms with Crippen molar-refractivity contribution in [3.63, 3.8) is 0 Å². The summed E-state index contributed by atoms with van der Waals surface area (Å²) in [4.78, 5) is 11.4. The number of hydrogen-bond acceptors (Lipinski definition) is 4. The van der Waals surface area contributed by atoms with Gasteiger partial charge in [0.1, 0.15) is 0 Å². The van der Waals surface area contributed by atoms with Crippen molar-refractivity contribution in [3.8, 4) is 0 Å². The third-order valence-corrected chi connectivity index (χ3v) is 3.88. The van der Waals surface area contributed by atoms with E-state index in [0.29, 0.717) is 11.6 Å². The minimum atomic E-state index is -0.453. The second kappa shape index (κ2) is 6.63. The van der Waals surface area contributed by atoms with Gasteiger partial charge in [0.25, 0.3) is 5.69 Å². The van der Waals surface area contributed by atoms with Crippen molar-refractivity contribution >= 4 is 34.7 Å². The predicted molar refractivity (Wildman–Crippen MR) is 83.7 cm³/mol. The van der Waals surface area contributed by atoms with Gasteiger partial charge in [-0.25, -0.2) is 0 Å². The number of benzene rings is 2. The number of nitro groups is 1. The molecule has 0 aromatic heterocycles. The topological polar surface area (TPSA) is 55.2 Å². The lowest BCUT2D eigenvalue weighted by Crippen LogP contribution is -2.00. The highest BCUT2D eigenvalue weighted by Crippen LogP contribution is 2.24. The van der Waals surface area contributed by atoms with E-state index in [1.54, 1.807) is 17.8 Å². The monoisotopic (exact) mass is 308 g/mol. The molecule has 0 bridgehead atoms. The summed E-state index contributed by atoms with van der Waals surface area (Å²) in [7, 11) is 0. The Labute approximate surface area is 126 Å². The summed E-state index contributed by atoms with van der Waals surface area (Å²) < 4.78 is 0. The Bertz CT molecular complexity index is 634. The molecular formula is C14H13ClN2O2S. The fourth-order valence-electron chi connectivity index (χ4n) is 1.72. The molecule has 0 spiro atoms. The van der Waals surface area contributed by atoms with E-state index in [1.165, 1.54) is 17.0 Å². The van der Waals surface area contributed by atoms with Crippen molar-refractivity contribution in [2.24, 2.45) is 0 Å². The van der Waals surface area contributed by atoms with Crippen LogP contribution in [0.25, 0.3) is 0 Å². The number of nitrogens with zero attached hydrogens (tertiary/aromatic N) is 1. The lowest BCUT2D eigenvalue weighted by molar-refractivity contribution is -0.384. The molecule has 4 nitrogen and oxygen atoms in total. The van der Waals surface area contributed by atoms with Gasteiger partial charge >= 0.3 is 0 Å². The van der Waals surface area contributed by atoms with Crippen molar-refractivity contribution in [1.82, 2.24) is 0 Å². The summed E-state index contributed by atoms with van der Waals surface area (Å²) in [5.74, 6) is 0. The number of non-ortho nitro benzene ring substituents is 1. The Morgan fingerprint density at radius 3 is 2.75 bits per heavy atom. The van der Waals surface area contributed by atoms with E-state index in [2.05, 4.69) is 5.32 Å². The van der Waals surface area contributed by atoms with E-state index in [4.69, 9.17) is 11.6 Å². The maximum Gasteiger partial charge on any atom is 0.270 e. The standard InChI is InChI=1S/C14H13ClN2O2S/c1-20-13-4-2-3-11(7-13)16-9-10-5-6-12(17(18)19)8-14(10)15/h2-8,16H,9H2,1H3. The molecule has 0 unspecified atom stereocenters. The maximum absolute atomic E-state index is 10.6. The molecule has 2 rings (SSSR count). The van der Waals surface area contributed by atoms with Crippen LogP contribution >= 0.6 is 23.4 Å². The first kappa shape index (κ1) is 14.7. The number of nitrogens with one attached hydrogen (secondary N) is 1. The zero-order valence-corrected chi connectivity index (χ0v) is 12.4. The Kier molecular flexibility index (Phi) is 4.87. The Hall–Kier alpha value is -1.72. The molecule has 0 heterocycles. The average molecular weight is 309 g/mol. The molecular weight excluding hydrogens is 296 g/mol. The normalized spacial score (nSPS) is 10.3. The van der Waals surface area contributed by atoms with Gasteiger partial charge in [0, 0.05) is 29.3 Å². The molecule has 0 amide bonds. The van der Waals surface area contributed by atoms with Gasteiger partial charge in [-0.05, 0) is 36.1 Å². The number of thioether (sulfide) groups is 1. The van der Waals surface area contributed by atoms with Crippen molar-refractivity contribution < 1.29 is 4.92 Å². The maximum atomic E-state index is 10.6. The smallest absolute Gasteiger partial charge is 0.270 e. The first-order valence-electron chi connectivity index (χ1n) is 5.91. The van der Waals surface area contributed by atoms with E-state index in [1.807, 2.05) is 30.5 Å². The zero-order valence-electron chi connectivity index (χ0n) is 10.8. The molecule has 0 aliphatic heterocycles. The van der Waals surface area contributed by atoms with Crippen molar-refractivity contribution in [2.45, 2.75) is 11.4 Å². The molecule has 0 atom stereocenters. The largest absolute Gasteiger partial charge is 0.381 e. The highest BCUT2D eigenvalue weighted by Gasteiger charge is 2.09. The molecule has 0 saturated carbocycles. The summed E-state index contributed by atoms with van der Waals surface area (Å²) in [5.41, 5.74) is 1.82. The van der Waals surface area contributed by atoms with E-state index in [-0.39, 0.29) is 5.69 Å². The minimum Gasteiger partial charge on any atom is -0.381 e. The van der Waals surface area contributed by atoms with Crippen LogP contribution in [0.4, 0.5) is 11.4 Å². The molecule has 0 fully saturated rings. The van der Waals surface area contributed by atoms with E-state index in [0.717, 1.165) is 11.3 Å². The van der Waals surface area contributed by atoms with Gasteiger partial charge in [-0.15, -0.1) is 11.8 Å². The van der Waals surface area contributed by atoms with Crippen molar-refractivity contribution in [1.29, 1.82) is 0 Å². The zero-order chi connectivity index (χ0) is 14.5. The van der Waals surface area contributed by atoms with Crippen LogP contribution in [0.15, 0.2) is 47.4 Å². The van der Waals surface area contributed by atoms with E-state index < -0.39 is 4.92 Å². The van der Waals surface area contributed by atoms with Crippen molar-refractivity contribution in [3.05, 3.63) is 63.2 Å². The molecule has 0 aliphatic carbocycles. The molecule has 0 aliphatic rings. The molecule has 0 saturated heterocycles. The van der Waals surface area contributed by atoms with E-state index >= 15 is 0 Å². The van der Waals surface area contributed by atoms with Crippen LogP contribution in [0.3, 0.4) is 0 Å². The first-order valence-corrected chi connectivity index (χ1v) is 7.51. The SMILES string of the molecule is CSc1cccc(NCc2ccc([N+](=O)[O-])cc2Cl)c1. The Morgan fingerprint density at radius 1 is 1.30 bits per heavy atom. The van der Waals surface area contributed by atoms with Crippen LogP contribution < -0.4 is 5.32 Å². The summed E-state index contributed by atoms with van der Waals surface area (Å²) in [6, 6.07) is 12.5. The van der Waals surface area contributed by atoms with Gasteiger partial charge in [0.15, 0.2) is 0 Å². The Morgan fingerprint density at radius 2 is 2.10 bits per heavy atom. The van der Waals surface area contributed by atoms with Crippen molar-refractivity contribution in [2.75, 3.05) is 11.6 Å². The van der Waals surface area contributed by atoms with Crippen LogP contribution in [-0.4, -0.2) is 11.2 Å². The number of anilines is 1. The Balaban J connectivity index is 2.08. The van der Waals surface area contributed by atoms with E-state index in [9.17, 15) is 10.1 Å². The number of nitro benzene ring substituents is 1. The molecule has 104 valence electrons. The van der Waals surface area contributed by atoms with Crippen LogP contribution in [-0.2, 0) is 6.54 Å². The van der Waals surface area contributed by atoms with Crippen LogP contribution in [0.5, 0.6) is 0 Å². The number of halogens is 1. The summed E-state index contributed by atoms with van der Waals surface area (Å²) in [5, 5.41) is 14.3. The van der Waals surface area contributed by atoms with Gasteiger partial charge in [0.05, 0.1) is 9.95 Å². The quantitative estimate of drug-likeness (QED) is 0.499. The van der Waals surface area contributed by atoms with Gasteiger partial charge in [-0.3, -0.25) is 10.1 Å². The first-order chi connectivity index (χ1) is 9.60. The summed E-state index contributed by atoms with van der Waals surface area (Å²) in [6.45, 7) is 0.522. The van der Waals surface area contributed by atoms with Gasteiger partial charge in [-0.2, -0.15) is 0 Å². The molecule has 0 radical (unpaired) electrons. The fraction of sp³-hybridized carbons (Fsp3) is 0.143.